The minimum Gasteiger partial charge on any atom is -0.504 e. The van der Waals surface area contributed by atoms with Gasteiger partial charge in [0.05, 0.1) is 25.2 Å². The lowest BCUT2D eigenvalue weighted by atomic mass is 9.75. The molecule has 2 aromatic carbocycles. The maximum absolute atomic E-state index is 12.1. The number of nitrogens with one attached hydrogen (secondary N) is 3. The lowest BCUT2D eigenvalue weighted by Crippen LogP contribution is -2.53. The van der Waals surface area contributed by atoms with Gasteiger partial charge in [0.1, 0.15) is 0 Å². The van der Waals surface area contributed by atoms with Crippen LogP contribution in [0.2, 0.25) is 0 Å². The second kappa shape index (κ2) is 7.43. The van der Waals surface area contributed by atoms with Crippen LogP contribution in [0.3, 0.4) is 0 Å². The van der Waals surface area contributed by atoms with E-state index in [0.717, 1.165) is 11.1 Å². The SMILES string of the molecule is COc1cc(C2CC(C(=O)O)C3C(NNC3c3ccc(C)cc3)N2)ccc1O. The number of aromatic hydroxyl groups is 1. The number of carboxylic acid groups (broad SMARTS) is 1. The molecule has 0 amide bonds. The molecule has 5 unspecified atom stereocenters. The van der Waals surface area contributed by atoms with Crippen LogP contribution in [0, 0.1) is 18.8 Å². The standard InChI is InChI=1S/C21H25N3O4/c1-11-3-5-12(6-4-11)19-18-14(21(26)27)10-15(22-20(18)24-23-19)13-7-8-16(25)17(9-13)28-2/h3-9,14-15,18-20,22-25H,10H2,1-2H3,(H,26,27). The summed E-state index contributed by atoms with van der Waals surface area (Å²) in [4.78, 5) is 12.1. The van der Waals surface area contributed by atoms with Crippen molar-refractivity contribution in [2.75, 3.05) is 7.11 Å². The maximum atomic E-state index is 12.1. The molecular weight excluding hydrogens is 358 g/mol. The fourth-order valence-electron chi connectivity index (χ4n) is 4.37. The highest BCUT2D eigenvalue weighted by molar-refractivity contribution is 5.71. The van der Waals surface area contributed by atoms with E-state index in [1.54, 1.807) is 18.2 Å². The van der Waals surface area contributed by atoms with Crippen LogP contribution in [0.4, 0.5) is 0 Å². The van der Waals surface area contributed by atoms with Gasteiger partial charge in [0.15, 0.2) is 11.5 Å². The van der Waals surface area contributed by atoms with Gasteiger partial charge in [-0.2, -0.15) is 0 Å². The number of piperidine rings is 1. The number of benzene rings is 2. The predicted octanol–water partition coefficient (Wildman–Crippen LogP) is 2.24. The van der Waals surface area contributed by atoms with E-state index in [-0.39, 0.29) is 29.9 Å². The summed E-state index contributed by atoms with van der Waals surface area (Å²) < 4.78 is 5.20. The highest BCUT2D eigenvalue weighted by atomic mass is 16.5. The topological polar surface area (TPSA) is 103 Å². The molecule has 5 N–H and O–H groups in total. The van der Waals surface area contributed by atoms with Crippen LogP contribution >= 0.6 is 0 Å². The number of rotatable bonds is 4. The van der Waals surface area contributed by atoms with Gasteiger partial charge in [0.25, 0.3) is 0 Å². The quantitative estimate of drug-likeness (QED) is 0.552. The van der Waals surface area contributed by atoms with Crippen molar-refractivity contribution in [3.63, 3.8) is 0 Å². The molecule has 2 aliphatic rings. The van der Waals surface area contributed by atoms with E-state index < -0.39 is 11.9 Å². The monoisotopic (exact) mass is 383 g/mol. The zero-order valence-electron chi connectivity index (χ0n) is 15.8. The molecule has 0 saturated carbocycles. The zero-order valence-corrected chi connectivity index (χ0v) is 15.8. The molecule has 0 radical (unpaired) electrons. The van der Waals surface area contributed by atoms with Gasteiger partial charge < -0.3 is 14.9 Å². The van der Waals surface area contributed by atoms with Crippen LogP contribution in [-0.4, -0.2) is 29.5 Å². The second-order valence-corrected chi connectivity index (χ2v) is 7.56. The number of methoxy groups -OCH3 is 1. The predicted molar refractivity (Wildman–Crippen MR) is 104 cm³/mol. The van der Waals surface area contributed by atoms with Crippen LogP contribution in [0.1, 0.15) is 35.2 Å². The fourth-order valence-corrected chi connectivity index (χ4v) is 4.37. The van der Waals surface area contributed by atoms with Crippen molar-refractivity contribution >= 4 is 5.97 Å². The van der Waals surface area contributed by atoms with Gasteiger partial charge in [-0.25, -0.2) is 10.9 Å². The summed E-state index contributed by atoms with van der Waals surface area (Å²) in [6.45, 7) is 2.03. The molecule has 0 spiro atoms. The van der Waals surface area contributed by atoms with Crippen LogP contribution in [0.5, 0.6) is 11.5 Å². The molecular formula is C21H25N3O4. The number of hydrogen-bond donors (Lipinski definition) is 5. The van der Waals surface area contributed by atoms with Gasteiger partial charge in [0.2, 0.25) is 0 Å². The summed E-state index contributed by atoms with van der Waals surface area (Å²) >= 11 is 0. The van der Waals surface area contributed by atoms with Crippen molar-refractivity contribution in [1.82, 2.24) is 16.2 Å². The van der Waals surface area contributed by atoms with Crippen LogP contribution in [0.15, 0.2) is 42.5 Å². The maximum Gasteiger partial charge on any atom is 0.307 e. The molecule has 148 valence electrons. The van der Waals surface area contributed by atoms with E-state index in [4.69, 9.17) is 4.74 Å². The minimum absolute atomic E-state index is 0.0646. The van der Waals surface area contributed by atoms with E-state index in [1.807, 2.05) is 31.2 Å². The number of carboxylic acids is 1. The summed E-state index contributed by atoms with van der Waals surface area (Å²) in [5.41, 5.74) is 9.66. The Morgan fingerprint density at radius 2 is 1.82 bits per heavy atom. The third-order valence-electron chi connectivity index (χ3n) is 5.86. The van der Waals surface area contributed by atoms with Crippen molar-refractivity contribution in [3.8, 4) is 11.5 Å². The molecule has 5 atom stereocenters. The third kappa shape index (κ3) is 3.32. The minimum atomic E-state index is -0.796. The van der Waals surface area contributed by atoms with E-state index in [1.165, 1.54) is 12.7 Å². The van der Waals surface area contributed by atoms with Gasteiger partial charge in [-0.3, -0.25) is 10.1 Å². The number of ether oxygens (including phenoxy) is 1. The molecule has 0 aliphatic carbocycles. The Kier molecular flexibility index (Phi) is 4.97. The average Bonchev–Trinajstić information content (AvgIpc) is 3.12. The fraction of sp³-hybridized carbons (Fsp3) is 0.381. The van der Waals surface area contributed by atoms with Crippen LogP contribution in [-0.2, 0) is 4.79 Å². The zero-order chi connectivity index (χ0) is 19.8. The Bertz CT molecular complexity index is 870. The normalized spacial score (nSPS) is 29.3. The van der Waals surface area contributed by atoms with Gasteiger partial charge in [-0.1, -0.05) is 35.9 Å². The molecule has 2 heterocycles. The summed E-state index contributed by atoms with van der Waals surface area (Å²) in [5, 5.41) is 23.3. The van der Waals surface area contributed by atoms with E-state index in [2.05, 4.69) is 16.2 Å². The molecule has 0 aromatic heterocycles. The first-order valence-electron chi connectivity index (χ1n) is 9.41. The van der Waals surface area contributed by atoms with Crippen molar-refractivity contribution in [1.29, 1.82) is 0 Å². The largest absolute Gasteiger partial charge is 0.504 e. The summed E-state index contributed by atoms with van der Waals surface area (Å²) in [7, 11) is 1.50. The average molecular weight is 383 g/mol. The molecule has 2 aliphatic heterocycles. The number of hydrogen-bond acceptors (Lipinski definition) is 6. The van der Waals surface area contributed by atoms with Crippen LogP contribution in [0.25, 0.3) is 0 Å². The molecule has 4 rings (SSSR count). The van der Waals surface area contributed by atoms with Gasteiger partial charge in [0, 0.05) is 12.0 Å². The van der Waals surface area contributed by atoms with Crippen molar-refractivity contribution in [2.24, 2.45) is 11.8 Å². The second-order valence-electron chi connectivity index (χ2n) is 7.56. The van der Waals surface area contributed by atoms with E-state index in [0.29, 0.717) is 12.2 Å². The first-order valence-corrected chi connectivity index (χ1v) is 9.41. The Morgan fingerprint density at radius 1 is 1.11 bits per heavy atom. The third-order valence-corrected chi connectivity index (χ3v) is 5.86. The summed E-state index contributed by atoms with van der Waals surface area (Å²) in [6, 6.07) is 13.1. The van der Waals surface area contributed by atoms with E-state index in [9.17, 15) is 15.0 Å². The highest BCUT2D eigenvalue weighted by Crippen LogP contribution is 2.43. The first-order chi connectivity index (χ1) is 13.5. The first kappa shape index (κ1) is 18.7. The van der Waals surface area contributed by atoms with Crippen molar-refractivity contribution in [2.45, 2.75) is 31.6 Å². The van der Waals surface area contributed by atoms with Gasteiger partial charge in [-0.05, 0) is 36.6 Å². The summed E-state index contributed by atoms with van der Waals surface area (Å²) in [5.74, 6) is -1.01. The number of phenolic OH excluding ortho intramolecular Hbond substituents is 1. The smallest absolute Gasteiger partial charge is 0.307 e. The Hall–Kier alpha value is -2.61. The molecule has 28 heavy (non-hydrogen) atoms. The summed E-state index contributed by atoms with van der Waals surface area (Å²) in [6.07, 6.45) is 0.266. The van der Waals surface area contributed by atoms with Gasteiger partial charge in [-0.15, -0.1) is 0 Å². The van der Waals surface area contributed by atoms with E-state index >= 15 is 0 Å². The molecule has 2 fully saturated rings. The lowest BCUT2D eigenvalue weighted by Gasteiger charge is -2.39. The van der Waals surface area contributed by atoms with Crippen molar-refractivity contribution in [3.05, 3.63) is 59.2 Å². The molecule has 7 nitrogen and oxygen atoms in total. The highest BCUT2D eigenvalue weighted by Gasteiger charge is 2.49. The number of aliphatic carboxylic acids is 1. The molecule has 2 aromatic rings. The van der Waals surface area contributed by atoms with Gasteiger partial charge >= 0.3 is 5.97 Å². The molecule has 0 bridgehead atoms. The number of aryl methyl sites for hydroxylation is 1. The van der Waals surface area contributed by atoms with Crippen molar-refractivity contribution < 1.29 is 19.7 Å². The molecule has 2 saturated heterocycles. The molecule has 7 heteroatoms. The Morgan fingerprint density at radius 3 is 2.50 bits per heavy atom. The number of fused-ring (bicyclic) bond motifs is 1. The number of hydrazine groups is 1. The Labute approximate surface area is 163 Å². The number of phenols is 1. The lowest BCUT2D eigenvalue weighted by molar-refractivity contribution is -0.146. The van der Waals surface area contributed by atoms with Crippen LogP contribution < -0.4 is 20.9 Å². The number of carbonyl (C=O) groups is 1. The Balaban J connectivity index is 1.62.